The van der Waals surface area contributed by atoms with Gasteiger partial charge in [0.25, 0.3) is 0 Å². The minimum atomic E-state index is -0.254. The fourth-order valence-electron chi connectivity index (χ4n) is 2.99. The van der Waals surface area contributed by atoms with Crippen molar-refractivity contribution in [2.45, 2.75) is 13.5 Å². The quantitative estimate of drug-likeness (QED) is 0.359. The number of aromatic nitrogens is 4. The van der Waals surface area contributed by atoms with Gasteiger partial charge in [-0.15, -0.1) is 0 Å². The Balaban J connectivity index is 1.58. The molecule has 0 unspecified atom stereocenters. The van der Waals surface area contributed by atoms with Crippen molar-refractivity contribution in [3.63, 3.8) is 0 Å². The highest BCUT2D eigenvalue weighted by atomic mass is 19.1. The molecule has 2 heterocycles. The van der Waals surface area contributed by atoms with E-state index in [2.05, 4.69) is 25.5 Å². The molecule has 9 heteroatoms. The highest BCUT2D eigenvalue weighted by Crippen LogP contribution is 2.24. The largest absolute Gasteiger partial charge is 0.396 e. The summed E-state index contributed by atoms with van der Waals surface area (Å²) in [6.07, 6.45) is 4.66. The van der Waals surface area contributed by atoms with Gasteiger partial charge in [-0.1, -0.05) is 17.3 Å². The molecule has 0 amide bonds. The normalized spacial score (nSPS) is 11.3. The first-order valence-electron chi connectivity index (χ1n) is 9.37. The van der Waals surface area contributed by atoms with Crippen LogP contribution in [0, 0.1) is 5.82 Å². The maximum atomic E-state index is 13.1. The van der Waals surface area contributed by atoms with E-state index < -0.39 is 0 Å². The highest BCUT2D eigenvalue weighted by molar-refractivity contribution is 5.93. The van der Waals surface area contributed by atoms with Crippen LogP contribution in [0.2, 0.25) is 0 Å². The maximum Gasteiger partial charge on any atom is 0.144 e. The molecular weight excluding hydrogens is 385 g/mol. The minimum Gasteiger partial charge on any atom is -0.396 e. The lowest BCUT2D eigenvalue weighted by atomic mass is 10.2. The van der Waals surface area contributed by atoms with Gasteiger partial charge in [-0.05, 0) is 42.8 Å². The average Bonchev–Trinajstić information content (AvgIpc) is 3.14. The lowest BCUT2D eigenvalue weighted by Gasteiger charge is -2.10. The molecule has 2 aromatic heterocycles. The zero-order valence-electron chi connectivity index (χ0n) is 16.3. The van der Waals surface area contributed by atoms with Crippen LogP contribution < -0.4 is 11.1 Å². The van der Waals surface area contributed by atoms with Crippen molar-refractivity contribution < 1.29 is 9.23 Å². The summed E-state index contributed by atoms with van der Waals surface area (Å²) in [4.78, 5) is 13.3. The van der Waals surface area contributed by atoms with Gasteiger partial charge < -0.3 is 15.9 Å². The minimum absolute atomic E-state index is 0.254. The molecule has 0 fully saturated rings. The van der Waals surface area contributed by atoms with Gasteiger partial charge in [-0.25, -0.2) is 14.4 Å². The fourth-order valence-corrected chi connectivity index (χ4v) is 2.99. The Morgan fingerprint density at radius 1 is 1.20 bits per heavy atom. The Morgan fingerprint density at radius 3 is 2.83 bits per heavy atom. The number of nitrogens with zero attached hydrogens (tertiary/aromatic N) is 5. The number of nitrogen functional groups attached to an aromatic ring is 1. The monoisotopic (exact) mass is 405 g/mol. The molecule has 4 aromatic rings. The van der Waals surface area contributed by atoms with Crippen molar-refractivity contribution in [3.05, 3.63) is 71.9 Å². The van der Waals surface area contributed by atoms with Crippen LogP contribution in [0.25, 0.3) is 10.9 Å². The zero-order valence-corrected chi connectivity index (χ0v) is 16.3. The van der Waals surface area contributed by atoms with Gasteiger partial charge in [0.15, 0.2) is 0 Å². The number of hydrogen-bond donors (Lipinski definition) is 2. The SMILES string of the molecule is CCON=Cc1c(N)ncnc1Nc1ccc2c(cnn2Cc2ccc(F)cc2)c1. The molecule has 0 aliphatic rings. The number of hydrogen-bond acceptors (Lipinski definition) is 7. The van der Waals surface area contributed by atoms with Gasteiger partial charge in [-0.2, -0.15) is 5.10 Å². The third-order valence-corrected chi connectivity index (χ3v) is 4.45. The summed E-state index contributed by atoms with van der Waals surface area (Å²) in [5.41, 5.74) is 9.25. The third-order valence-electron chi connectivity index (χ3n) is 4.45. The molecule has 0 saturated carbocycles. The highest BCUT2D eigenvalue weighted by Gasteiger charge is 2.10. The molecule has 0 aliphatic carbocycles. The van der Waals surface area contributed by atoms with Crippen LogP contribution in [0.3, 0.4) is 0 Å². The molecule has 0 saturated heterocycles. The van der Waals surface area contributed by atoms with Gasteiger partial charge in [0.05, 0.1) is 30.0 Å². The van der Waals surface area contributed by atoms with E-state index in [1.807, 2.05) is 29.8 Å². The molecule has 0 spiro atoms. The van der Waals surface area contributed by atoms with Crippen molar-refractivity contribution >= 4 is 34.4 Å². The van der Waals surface area contributed by atoms with E-state index in [9.17, 15) is 4.39 Å². The Kier molecular flexibility index (Phi) is 5.51. The van der Waals surface area contributed by atoms with Gasteiger partial charge in [0.1, 0.15) is 30.4 Å². The number of halogens is 1. The van der Waals surface area contributed by atoms with Crippen LogP contribution in [0.5, 0.6) is 0 Å². The zero-order chi connectivity index (χ0) is 20.9. The van der Waals surface area contributed by atoms with E-state index in [1.165, 1.54) is 24.7 Å². The standard InChI is InChI=1S/C21H20FN7O/c1-2-30-27-11-18-20(23)24-13-25-21(18)28-17-7-8-19-15(9-17)10-26-29(19)12-14-3-5-16(22)6-4-14/h3-11,13H,2,12H2,1H3,(H3,23,24,25,28). The van der Waals surface area contributed by atoms with E-state index in [0.717, 1.165) is 22.2 Å². The second-order valence-corrected chi connectivity index (χ2v) is 6.50. The van der Waals surface area contributed by atoms with Crippen LogP contribution in [-0.2, 0) is 11.4 Å². The Bertz CT molecular complexity index is 1190. The summed E-state index contributed by atoms with van der Waals surface area (Å²) in [5, 5.41) is 12.5. The van der Waals surface area contributed by atoms with Crippen LogP contribution in [0.15, 0.2) is 60.1 Å². The number of nitrogens with two attached hydrogens (primary N) is 1. The molecular formula is C21H20FN7O. The molecule has 0 bridgehead atoms. The van der Waals surface area contributed by atoms with E-state index >= 15 is 0 Å². The first kappa shape index (κ1) is 19.3. The number of nitrogens with one attached hydrogen (secondary N) is 1. The summed E-state index contributed by atoms with van der Waals surface area (Å²) >= 11 is 0. The van der Waals surface area contributed by atoms with Gasteiger partial charge in [0, 0.05) is 11.1 Å². The van der Waals surface area contributed by atoms with Gasteiger partial charge in [-0.3, -0.25) is 4.68 Å². The van der Waals surface area contributed by atoms with Crippen LogP contribution >= 0.6 is 0 Å². The van der Waals surface area contributed by atoms with Crippen LogP contribution in [0.1, 0.15) is 18.1 Å². The summed E-state index contributed by atoms with van der Waals surface area (Å²) in [7, 11) is 0. The number of benzene rings is 2. The van der Waals surface area contributed by atoms with E-state index in [-0.39, 0.29) is 5.82 Å². The Hall–Kier alpha value is -4.01. The number of anilines is 3. The van der Waals surface area contributed by atoms with Crippen molar-refractivity contribution in [2.75, 3.05) is 17.7 Å². The van der Waals surface area contributed by atoms with Crippen molar-refractivity contribution in [1.82, 2.24) is 19.7 Å². The van der Waals surface area contributed by atoms with Gasteiger partial charge in [0.2, 0.25) is 0 Å². The first-order valence-corrected chi connectivity index (χ1v) is 9.37. The van der Waals surface area contributed by atoms with Gasteiger partial charge >= 0.3 is 0 Å². The molecule has 4 rings (SSSR count). The van der Waals surface area contributed by atoms with Crippen LogP contribution in [0.4, 0.5) is 21.7 Å². The molecule has 2 aromatic carbocycles. The molecule has 0 radical (unpaired) electrons. The Morgan fingerprint density at radius 2 is 2.03 bits per heavy atom. The lowest BCUT2D eigenvalue weighted by molar-refractivity contribution is 0.160. The van der Waals surface area contributed by atoms with E-state index in [0.29, 0.717) is 30.4 Å². The molecule has 3 N–H and O–H groups in total. The molecule has 8 nitrogen and oxygen atoms in total. The topological polar surface area (TPSA) is 103 Å². The number of fused-ring (bicyclic) bond motifs is 1. The average molecular weight is 405 g/mol. The smallest absolute Gasteiger partial charge is 0.144 e. The summed E-state index contributed by atoms with van der Waals surface area (Å²) in [6, 6.07) is 12.3. The van der Waals surface area contributed by atoms with Crippen LogP contribution in [-0.4, -0.2) is 32.6 Å². The van der Waals surface area contributed by atoms with Crippen molar-refractivity contribution in [3.8, 4) is 0 Å². The molecule has 0 aliphatic heterocycles. The predicted octanol–water partition coefficient (Wildman–Crippen LogP) is 3.71. The summed E-state index contributed by atoms with van der Waals surface area (Å²) in [5.74, 6) is 0.559. The number of oxime groups is 1. The fraction of sp³-hybridized carbons (Fsp3) is 0.143. The van der Waals surface area contributed by atoms with E-state index in [4.69, 9.17) is 10.6 Å². The summed E-state index contributed by atoms with van der Waals surface area (Å²) < 4.78 is 15.0. The lowest BCUT2D eigenvalue weighted by Crippen LogP contribution is -2.05. The van der Waals surface area contributed by atoms with Crippen molar-refractivity contribution in [2.24, 2.45) is 5.16 Å². The number of rotatable bonds is 7. The second-order valence-electron chi connectivity index (χ2n) is 6.50. The second kappa shape index (κ2) is 8.56. The molecule has 152 valence electrons. The third kappa shape index (κ3) is 4.19. The molecule has 0 atom stereocenters. The molecule has 30 heavy (non-hydrogen) atoms. The first-order chi connectivity index (χ1) is 14.6. The van der Waals surface area contributed by atoms with Crippen molar-refractivity contribution in [1.29, 1.82) is 0 Å². The summed E-state index contributed by atoms with van der Waals surface area (Å²) in [6.45, 7) is 2.84. The Labute approximate surface area is 172 Å². The maximum absolute atomic E-state index is 13.1. The van der Waals surface area contributed by atoms with E-state index in [1.54, 1.807) is 18.3 Å². The predicted molar refractivity (Wildman–Crippen MR) is 114 cm³/mol.